The normalized spacial score (nSPS) is 13.8. The molecule has 0 aromatic rings. The van der Waals surface area contributed by atoms with Gasteiger partial charge >= 0.3 is 0 Å². The van der Waals surface area contributed by atoms with Crippen LogP contribution in [0.3, 0.4) is 0 Å². The van der Waals surface area contributed by atoms with Crippen LogP contribution in [0.5, 0.6) is 0 Å². The Morgan fingerprint density at radius 3 is 2.57 bits per heavy atom. The van der Waals surface area contributed by atoms with Crippen molar-refractivity contribution < 1.29 is 15.1 Å². The van der Waals surface area contributed by atoms with E-state index in [9.17, 15) is 4.79 Å². The maximum absolute atomic E-state index is 11.6. The van der Waals surface area contributed by atoms with Crippen molar-refractivity contribution in [3.63, 3.8) is 0 Å². The van der Waals surface area contributed by atoms with Gasteiger partial charge in [0.25, 0.3) is 0 Å². The Balaban J connectivity index is 4.46. The van der Waals surface area contributed by atoms with E-state index in [1.807, 2.05) is 0 Å². The molecular formula is C8H17N3O3. The SMILES string of the molecule is CCC(C(=O)N(C)CCO)C(N)=NO. The average Bonchev–Trinajstić information content (AvgIpc) is 2.18. The maximum Gasteiger partial charge on any atom is 0.233 e. The van der Waals surface area contributed by atoms with Crippen LogP contribution in [0.4, 0.5) is 0 Å². The summed E-state index contributed by atoms with van der Waals surface area (Å²) in [5.41, 5.74) is 5.35. The molecule has 6 nitrogen and oxygen atoms in total. The van der Waals surface area contributed by atoms with Crippen molar-refractivity contribution in [1.29, 1.82) is 0 Å². The topological polar surface area (TPSA) is 99.2 Å². The number of carbonyl (C=O) groups is 1. The Morgan fingerprint density at radius 2 is 2.21 bits per heavy atom. The fraction of sp³-hybridized carbons (Fsp3) is 0.750. The predicted octanol–water partition coefficient (Wildman–Crippen LogP) is -0.790. The van der Waals surface area contributed by atoms with Gasteiger partial charge in [-0.25, -0.2) is 0 Å². The molecule has 0 aliphatic heterocycles. The standard InChI is InChI=1S/C8H17N3O3/c1-3-6(7(9)10-14)8(13)11(2)4-5-12/h6,12,14H,3-5H2,1-2H3,(H2,9,10). The number of hydrogen-bond donors (Lipinski definition) is 3. The van der Waals surface area contributed by atoms with Gasteiger partial charge in [-0.2, -0.15) is 0 Å². The zero-order valence-corrected chi connectivity index (χ0v) is 8.47. The second kappa shape index (κ2) is 6.20. The number of oxime groups is 1. The Labute approximate surface area is 83.0 Å². The first-order valence-corrected chi connectivity index (χ1v) is 4.41. The molecule has 0 heterocycles. The molecule has 0 aromatic heterocycles. The predicted molar refractivity (Wildman–Crippen MR) is 51.9 cm³/mol. The Hall–Kier alpha value is -1.30. The van der Waals surface area contributed by atoms with Crippen LogP contribution < -0.4 is 5.73 Å². The number of aliphatic hydroxyl groups excluding tert-OH is 1. The van der Waals surface area contributed by atoms with Crippen molar-refractivity contribution in [2.24, 2.45) is 16.8 Å². The molecule has 0 fully saturated rings. The molecule has 4 N–H and O–H groups in total. The quantitative estimate of drug-likeness (QED) is 0.236. The number of rotatable bonds is 5. The van der Waals surface area contributed by atoms with E-state index in [1.165, 1.54) is 4.90 Å². The van der Waals surface area contributed by atoms with Gasteiger partial charge in [0, 0.05) is 13.6 Å². The third kappa shape index (κ3) is 3.21. The lowest BCUT2D eigenvalue weighted by Crippen LogP contribution is -2.40. The minimum absolute atomic E-state index is 0.0951. The first kappa shape index (κ1) is 12.7. The zero-order valence-electron chi connectivity index (χ0n) is 8.47. The lowest BCUT2D eigenvalue weighted by Gasteiger charge is -2.21. The highest BCUT2D eigenvalue weighted by Gasteiger charge is 2.23. The molecular weight excluding hydrogens is 186 g/mol. The maximum atomic E-state index is 11.6. The number of carbonyl (C=O) groups excluding carboxylic acids is 1. The van der Waals surface area contributed by atoms with Crippen molar-refractivity contribution in [2.75, 3.05) is 20.2 Å². The van der Waals surface area contributed by atoms with Gasteiger partial charge in [-0.3, -0.25) is 4.79 Å². The lowest BCUT2D eigenvalue weighted by atomic mass is 10.0. The van der Waals surface area contributed by atoms with Gasteiger partial charge in [0.2, 0.25) is 5.91 Å². The van der Waals surface area contributed by atoms with Crippen LogP contribution in [0, 0.1) is 5.92 Å². The van der Waals surface area contributed by atoms with E-state index < -0.39 is 5.92 Å². The van der Waals surface area contributed by atoms with Crippen LogP contribution in [0.2, 0.25) is 0 Å². The molecule has 6 heteroatoms. The largest absolute Gasteiger partial charge is 0.409 e. The Kier molecular flexibility index (Phi) is 5.62. The average molecular weight is 203 g/mol. The Morgan fingerprint density at radius 1 is 1.64 bits per heavy atom. The summed E-state index contributed by atoms with van der Waals surface area (Å²) in [4.78, 5) is 13.0. The van der Waals surface area contributed by atoms with Gasteiger partial charge in [0.15, 0.2) is 5.84 Å². The van der Waals surface area contributed by atoms with Gasteiger partial charge in [0.05, 0.1) is 12.5 Å². The van der Waals surface area contributed by atoms with E-state index in [1.54, 1.807) is 14.0 Å². The highest BCUT2D eigenvalue weighted by Crippen LogP contribution is 2.06. The molecule has 0 saturated carbocycles. The molecule has 0 rings (SSSR count). The van der Waals surface area contributed by atoms with Gasteiger partial charge < -0.3 is 20.9 Å². The van der Waals surface area contributed by atoms with Gasteiger partial charge in [-0.15, -0.1) is 0 Å². The lowest BCUT2D eigenvalue weighted by molar-refractivity contribution is -0.132. The molecule has 0 aromatic carbocycles. The Bertz CT molecular complexity index is 218. The molecule has 1 atom stereocenters. The molecule has 0 bridgehead atoms. The number of nitrogens with two attached hydrogens (primary N) is 1. The van der Waals surface area contributed by atoms with Crippen molar-refractivity contribution in [3.05, 3.63) is 0 Å². The number of amides is 1. The monoisotopic (exact) mass is 203 g/mol. The van der Waals surface area contributed by atoms with E-state index in [2.05, 4.69) is 5.16 Å². The van der Waals surface area contributed by atoms with E-state index in [-0.39, 0.29) is 24.9 Å². The smallest absolute Gasteiger partial charge is 0.233 e. The fourth-order valence-corrected chi connectivity index (χ4v) is 1.11. The molecule has 14 heavy (non-hydrogen) atoms. The number of likely N-dealkylation sites (N-methyl/N-ethyl adjacent to an activating group) is 1. The molecule has 0 radical (unpaired) electrons. The first-order valence-electron chi connectivity index (χ1n) is 4.41. The summed E-state index contributed by atoms with van der Waals surface area (Å²) in [6.07, 6.45) is 0.463. The van der Waals surface area contributed by atoms with E-state index in [0.29, 0.717) is 6.42 Å². The minimum Gasteiger partial charge on any atom is -0.409 e. The molecule has 0 saturated heterocycles. The van der Waals surface area contributed by atoms with E-state index >= 15 is 0 Å². The van der Waals surface area contributed by atoms with Gasteiger partial charge in [-0.05, 0) is 6.42 Å². The highest BCUT2D eigenvalue weighted by atomic mass is 16.4. The number of aliphatic hydroxyl groups is 1. The summed E-state index contributed by atoms with van der Waals surface area (Å²) in [7, 11) is 1.56. The van der Waals surface area contributed by atoms with E-state index in [4.69, 9.17) is 16.0 Å². The molecule has 0 aliphatic carbocycles. The molecule has 1 unspecified atom stereocenters. The molecule has 1 amide bonds. The highest BCUT2D eigenvalue weighted by molar-refractivity contribution is 6.01. The summed E-state index contributed by atoms with van der Waals surface area (Å²) in [6.45, 7) is 1.91. The fourth-order valence-electron chi connectivity index (χ4n) is 1.11. The zero-order chi connectivity index (χ0) is 11.1. The third-order valence-electron chi connectivity index (χ3n) is 1.99. The van der Waals surface area contributed by atoms with Crippen molar-refractivity contribution in [1.82, 2.24) is 4.90 Å². The number of hydrogen-bond acceptors (Lipinski definition) is 4. The summed E-state index contributed by atoms with van der Waals surface area (Å²) >= 11 is 0. The summed E-state index contributed by atoms with van der Waals surface area (Å²) in [6, 6.07) is 0. The minimum atomic E-state index is -0.614. The molecule has 82 valence electrons. The van der Waals surface area contributed by atoms with Crippen molar-refractivity contribution in [2.45, 2.75) is 13.3 Å². The van der Waals surface area contributed by atoms with Gasteiger partial charge in [-0.1, -0.05) is 12.1 Å². The summed E-state index contributed by atoms with van der Waals surface area (Å²) in [5.74, 6) is -0.962. The molecule has 0 aliphatic rings. The van der Waals surface area contributed by atoms with Crippen molar-refractivity contribution in [3.8, 4) is 0 Å². The van der Waals surface area contributed by atoms with E-state index in [0.717, 1.165) is 0 Å². The van der Waals surface area contributed by atoms with Crippen LogP contribution in [-0.2, 0) is 4.79 Å². The first-order chi connectivity index (χ1) is 6.58. The van der Waals surface area contributed by atoms with Crippen LogP contribution in [0.15, 0.2) is 5.16 Å². The third-order valence-corrected chi connectivity index (χ3v) is 1.99. The number of nitrogens with zero attached hydrogens (tertiary/aromatic N) is 2. The van der Waals surface area contributed by atoms with Crippen LogP contribution in [-0.4, -0.2) is 47.2 Å². The van der Waals surface area contributed by atoms with Gasteiger partial charge in [0.1, 0.15) is 0 Å². The van der Waals surface area contributed by atoms with Crippen LogP contribution in [0.1, 0.15) is 13.3 Å². The summed E-state index contributed by atoms with van der Waals surface area (Å²) in [5, 5.41) is 19.9. The summed E-state index contributed by atoms with van der Waals surface area (Å²) < 4.78 is 0. The second-order valence-corrected chi connectivity index (χ2v) is 2.97. The van der Waals surface area contributed by atoms with Crippen LogP contribution in [0.25, 0.3) is 0 Å². The number of amidine groups is 1. The molecule has 0 spiro atoms. The van der Waals surface area contributed by atoms with Crippen molar-refractivity contribution >= 4 is 11.7 Å². The van der Waals surface area contributed by atoms with Crippen LogP contribution >= 0.6 is 0 Å². The second-order valence-electron chi connectivity index (χ2n) is 2.97.